The van der Waals surface area contributed by atoms with Crippen LogP contribution in [0.25, 0.3) is 0 Å². The van der Waals surface area contributed by atoms with Crippen molar-refractivity contribution >= 4 is 5.91 Å². The molecule has 20 heavy (non-hydrogen) atoms. The van der Waals surface area contributed by atoms with Crippen LogP contribution in [0.3, 0.4) is 0 Å². The summed E-state index contributed by atoms with van der Waals surface area (Å²) in [5, 5.41) is 13.3. The molecule has 2 atom stereocenters. The second-order valence-electron chi connectivity index (χ2n) is 5.59. The van der Waals surface area contributed by atoms with Crippen LogP contribution in [0.5, 0.6) is 5.75 Å². The molecule has 110 valence electrons. The highest BCUT2D eigenvalue weighted by Gasteiger charge is 2.29. The number of amides is 1. The zero-order chi connectivity index (χ0) is 14.5. The fourth-order valence-corrected chi connectivity index (χ4v) is 2.79. The van der Waals surface area contributed by atoms with E-state index in [-0.39, 0.29) is 11.7 Å². The van der Waals surface area contributed by atoms with Crippen LogP contribution in [0.2, 0.25) is 0 Å². The van der Waals surface area contributed by atoms with Crippen molar-refractivity contribution in [1.82, 2.24) is 10.2 Å². The van der Waals surface area contributed by atoms with Gasteiger partial charge >= 0.3 is 0 Å². The Morgan fingerprint density at radius 1 is 1.45 bits per heavy atom. The first-order valence-electron chi connectivity index (χ1n) is 7.44. The summed E-state index contributed by atoms with van der Waals surface area (Å²) in [5.41, 5.74) is 0.402. The van der Waals surface area contributed by atoms with E-state index in [1.165, 1.54) is 0 Å². The standard InChI is InChI=1S/C16H24N2O2/c1-3-9-17-14-8-10-18(11-12(14)2)16(20)13-6-4-5-7-15(13)19/h4-7,12,14,17,19H,3,8-11H2,1-2H3. The summed E-state index contributed by atoms with van der Waals surface area (Å²) in [6, 6.07) is 7.25. The molecular weight excluding hydrogens is 252 g/mol. The fraction of sp³-hybridized carbons (Fsp3) is 0.562. The van der Waals surface area contributed by atoms with E-state index in [1.807, 2.05) is 4.90 Å². The number of para-hydroxylation sites is 1. The molecule has 1 fully saturated rings. The van der Waals surface area contributed by atoms with Crippen LogP contribution in [0, 0.1) is 5.92 Å². The van der Waals surface area contributed by atoms with Gasteiger partial charge in [-0.15, -0.1) is 0 Å². The van der Waals surface area contributed by atoms with Crippen LogP contribution in [-0.2, 0) is 0 Å². The highest BCUT2D eigenvalue weighted by Crippen LogP contribution is 2.22. The van der Waals surface area contributed by atoms with E-state index in [9.17, 15) is 9.90 Å². The van der Waals surface area contributed by atoms with Crippen LogP contribution < -0.4 is 5.32 Å². The van der Waals surface area contributed by atoms with Gasteiger partial charge in [0.05, 0.1) is 5.56 Å². The van der Waals surface area contributed by atoms with Gasteiger partial charge in [-0.3, -0.25) is 4.79 Å². The molecule has 0 aliphatic carbocycles. The van der Waals surface area contributed by atoms with E-state index < -0.39 is 0 Å². The molecule has 4 heteroatoms. The molecule has 1 aliphatic rings. The van der Waals surface area contributed by atoms with Crippen molar-refractivity contribution in [2.45, 2.75) is 32.7 Å². The Bertz CT molecular complexity index is 462. The number of benzene rings is 1. The van der Waals surface area contributed by atoms with Gasteiger partial charge < -0.3 is 15.3 Å². The van der Waals surface area contributed by atoms with Gasteiger partial charge in [-0.1, -0.05) is 26.0 Å². The van der Waals surface area contributed by atoms with E-state index in [2.05, 4.69) is 19.2 Å². The Morgan fingerprint density at radius 2 is 2.20 bits per heavy atom. The molecule has 1 aliphatic heterocycles. The molecule has 2 unspecified atom stereocenters. The Hall–Kier alpha value is -1.55. The zero-order valence-electron chi connectivity index (χ0n) is 12.3. The maximum Gasteiger partial charge on any atom is 0.257 e. The lowest BCUT2D eigenvalue weighted by atomic mass is 9.93. The van der Waals surface area contributed by atoms with Crippen molar-refractivity contribution in [2.75, 3.05) is 19.6 Å². The lowest BCUT2D eigenvalue weighted by Gasteiger charge is -2.37. The maximum atomic E-state index is 12.4. The maximum absolute atomic E-state index is 12.4. The summed E-state index contributed by atoms with van der Waals surface area (Å²) in [5.74, 6) is 0.436. The zero-order valence-corrected chi connectivity index (χ0v) is 12.3. The van der Waals surface area contributed by atoms with Gasteiger partial charge in [-0.2, -0.15) is 0 Å². The Balaban J connectivity index is 1.99. The topological polar surface area (TPSA) is 52.6 Å². The monoisotopic (exact) mass is 276 g/mol. The lowest BCUT2D eigenvalue weighted by molar-refractivity contribution is 0.0642. The average Bonchev–Trinajstić information content (AvgIpc) is 2.46. The normalized spacial score (nSPS) is 22.8. The third-order valence-electron chi connectivity index (χ3n) is 3.98. The molecule has 4 nitrogen and oxygen atoms in total. The molecule has 0 spiro atoms. The van der Waals surface area contributed by atoms with Crippen molar-refractivity contribution < 1.29 is 9.90 Å². The fourth-order valence-electron chi connectivity index (χ4n) is 2.79. The van der Waals surface area contributed by atoms with Gasteiger partial charge in [0.25, 0.3) is 5.91 Å². The summed E-state index contributed by atoms with van der Waals surface area (Å²) in [7, 11) is 0. The second-order valence-corrected chi connectivity index (χ2v) is 5.59. The van der Waals surface area contributed by atoms with E-state index >= 15 is 0 Å². The van der Waals surface area contributed by atoms with Crippen LogP contribution in [0.4, 0.5) is 0 Å². The minimum Gasteiger partial charge on any atom is -0.507 e. The first-order valence-corrected chi connectivity index (χ1v) is 7.44. The first kappa shape index (κ1) is 14.9. The van der Waals surface area contributed by atoms with Crippen molar-refractivity contribution in [3.63, 3.8) is 0 Å². The van der Waals surface area contributed by atoms with Gasteiger partial charge in [0.1, 0.15) is 5.75 Å². The molecule has 2 N–H and O–H groups in total. The number of carbonyl (C=O) groups is 1. The average molecular weight is 276 g/mol. The third kappa shape index (κ3) is 3.31. The van der Waals surface area contributed by atoms with Gasteiger partial charge in [-0.05, 0) is 37.4 Å². The predicted molar refractivity (Wildman–Crippen MR) is 79.9 cm³/mol. The molecular formula is C16H24N2O2. The molecule has 0 aromatic heterocycles. The molecule has 1 amide bonds. The van der Waals surface area contributed by atoms with E-state index in [4.69, 9.17) is 0 Å². The smallest absolute Gasteiger partial charge is 0.257 e. The second kappa shape index (κ2) is 6.75. The van der Waals surface area contributed by atoms with E-state index in [0.29, 0.717) is 17.5 Å². The van der Waals surface area contributed by atoms with Crippen molar-refractivity contribution in [2.24, 2.45) is 5.92 Å². The quantitative estimate of drug-likeness (QED) is 0.887. The van der Waals surface area contributed by atoms with Gasteiger partial charge in [0.15, 0.2) is 0 Å². The summed E-state index contributed by atoms with van der Waals surface area (Å²) in [4.78, 5) is 14.3. The highest BCUT2D eigenvalue weighted by atomic mass is 16.3. The van der Waals surface area contributed by atoms with Gasteiger partial charge in [-0.25, -0.2) is 0 Å². The molecule has 1 saturated heterocycles. The number of likely N-dealkylation sites (tertiary alicyclic amines) is 1. The molecule has 1 heterocycles. The number of aromatic hydroxyl groups is 1. The molecule has 1 aromatic carbocycles. The minimum atomic E-state index is -0.0658. The van der Waals surface area contributed by atoms with Crippen molar-refractivity contribution in [3.8, 4) is 5.75 Å². The van der Waals surface area contributed by atoms with Crippen molar-refractivity contribution in [3.05, 3.63) is 29.8 Å². The van der Waals surface area contributed by atoms with E-state index in [1.54, 1.807) is 24.3 Å². The first-order chi connectivity index (χ1) is 9.63. The predicted octanol–water partition coefficient (Wildman–Crippen LogP) is 2.24. The molecule has 2 rings (SSSR count). The molecule has 0 radical (unpaired) electrons. The summed E-state index contributed by atoms with van der Waals surface area (Å²) < 4.78 is 0. The molecule has 0 saturated carbocycles. The minimum absolute atomic E-state index is 0.0658. The van der Waals surface area contributed by atoms with Crippen LogP contribution >= 0.6 is 0 Å². The Labute approximate surface area is 120 Å². The molecule has 1 aromatic rings. The van der Waals surface area contributed by atoms with Crippen LogP contribution in [0.1, 0.15) is 37.0 Å². The van der Waals surface area contributed by atoms with Crippen LogP contribution in [0.15, 0.2) is 24.3 Å². The number of rotatable bonds is 4. The number of hydrogen-bond acceptors (Lipinski definition) is 3. The number of phenolic OH excluding ortho intramolecular Hbond substituents is 1. The Morgan fingerprint density at radius 3 is 2.85 bits per heavy atom. The third-order valence-corrected chi connectivity index (χ3v) is 3.98. The largest absolute Gasteiger partial charge is 0.507 e. The number of nitrogens with zero attached hydrogens (tertiary/aromatic N) is 1. The Kier molecular flexibility index (Phi) is 5.01. The number of phenols is 1. The van der Waals surface area contributed by atoms with Crippen LogP contribution in [-0.4, -0.2) is 41.6 Å². The number of carbonyl (C=O) groups excluding carboxylic acids is 1. The molecule has 0 bridgehead atoms. The summed E-state index contributed by atoms with van der Waals surface area (Å²) in [6.45, 7) is 6.86. The van der Waals surface area contributed by atoms with Gasteiger partial charge in [0.2, 0.25) is 0 Å². The number of piperidine rings is 1. The highest BCUT2D eigenvalue weighted by molar-refractivity contribution is 5.96. The van der Waals surface area contributed by atoms with Crippen molar-refractivity contribution in [1.29, 1.82) is 0 Å². The summed E-state index contributed by atoms with van der Waals surface area (Å²) in [6.07, 6.45) is 2.10. The lowest BCUT2D eigenvalue weighted by Crippen LogP contribution is -2.50. The SMILES string of the molecule is CCCNC1CCN(C(=O)c2ccccc2O)CC1C. The number of nitrogens with one attached hydrogen (secondary N) is 1. The van der Waals surface area contributed by atoms with E-state index in [0.717, 1.165) is 32.5 Å². The number of hydrogen-bond donors (Lipinski definition) is 2. The van der Waals surface area contributed by atoms with Gasteiger partial charge in [0, 0.05) is 19.1 Å². The summed E-state index contributed by atoms with van der Waals surface area (Å²) >= 11 is 0.